The molecule has 0 aliphatic carbocycles. The maximum Gasteiger partial charge on any atom is 0.141 e. The number of nitrogens with zero attached hydrogens (tertiary/aromatic N) is 1. The number of rotatable bonds is 3. The minimum atomic E-state index is -0.319. The lowest BCUT2D eigenvalue weighted by atomic mass is 10.0. The lowest BCUT2D eigenvalue weighted by molar-refractivity contribution is 0.500. The Morgan fingerprint density at radius 1 is 1.46 bits per heavy atom. The zero-order valence-corrected chi connectivity index (χ0v) is 8.00. The van der Waals surface area contributed by atoms with Gasteiger partial charge in [0.05, 0.1) is 11.9 Å². The van der Waals surface area contributed by atoms with E-state index in [1.165, 1.54) is 12.3 Å². The Balaban J connectivity index is 2.66. The van der Waals surface area contributed by atoms with Crippen LogP contribution in [-0.2, 0) is 0 Å². The Morgan fingerprint density at radius 3 is 2.62 bits per heavy atom. The second-order valence-corrected chi connectivity index (χ2v) is 3.64. The van der Waals surface area contributed by atoms with Crippen molar-refractivity contribution >= 4 is 0 Å². The van der Waals surface area contributed by atoms with E-state index in [1.807, 2.05) is 0 Å². The Hall–Kier alpha value is -0.960. The molecule has 0 aliphatic heterocycles. The second-order valence-electron chi connectivity index (χ2n) is 3.64. The lowest BCUT2D eigenvalue weighted by Gasteiger charge is -2.12. The van der Waals surface area contributed by atoms with Gasteiger partial charge >= 0.3 is 0 Å². The molecule has 72 valence electrons. The molecule has 0 saturated heterocycles. The molecule has 1 unspecified atom stereocenters. The number of nitrogens with two attached hydrogens (primary N) is 1. The van der Waals surface area contributed by atoms with Crippen molar-refractivity contribution < 1.29 is 4.39 Å². The van der Waals surface area contributed by atoms with Crippen molar-refractivity contribution in [1.29, 1.82) is 0 Å². The highest BCUT2D eigenvalue weighted by molar-refractivity contribution is 5.09. The fourth-order valence-electron chi connectivity index (χ4n) is 1.24. The molecule has 0 fully saturated rings. The number of hydrogen-bond donors (Lipinski definition) is 1. The molecule has 1 aromatic heterocycles. The van der Waals surface area contributed by atoms with Crippen molar-refractivity contribution in [3.63, 3.8) is 0 Å². The smallest absolute Gasteiger partial charge is 0.141 e. The van der Waals surface area contributed by atoms with Gasteiger partial charge in [-0.2, -0.15) is 0 Å². The van der Waals surface area contributed by atoms with Crippen molar-refractivity contribution in [2.75, 3.05) is 0 Å². The summed E-state index contributed by atoms with van der Waals surface area (Å²) in [6.07, 6.45) is 2.08. The molecule has 13 heavy (non-hydrogen) atoms. The molecule has 0 spiro atoms. The highest BCUT2D eigenvalue weighted by Gasteiger charge is 2.09. The van der Waals surface area contributed by atoms with E-state index in [9.17, 15) is 4.39 Å². The molecule has 3 heteroatoms. The van der Waals surface area contributed by atoms with Crippen LogP contribution in [-0.4, -0.2) is 4.98 Å². The van der Waals surface area contributed by atoms with Crippen LogP contribution in [0.4, 0.5) is 4.39 Å². The number of halogens is 1. The van der Waals surface area contributed by atoms with Crippen LogP contribution in [0.5, 0.6) is 0 Å². The van der Waals surface area contributed by atoms with E-state index in [4.69, 9.17) is 5.73 Å². The van der Waals surface area contributed by atoms with E-state index in [0.29, 0.717) is 5.92 Å². The highest BCUT2D eigenvalue weighted by atomic mass is 19.1. The van der Waals surface area contributed by atoms with Crippen LogP contribution in [0.15, 0.2) is 18.3 Å². The van der Waals surface area contributed by atoms with Crippen LogP contribution in [0, 0.1) is 11.7 Å². The van der Waals surface area contributed by atoms with Gasteiger partial charge in [0.1, 0.15) is 5.82 Å². The van der Waals surface area contributed by atoms with E-state index in [-0.39, 0.29) is 11.9 Å². The Kier molecular flexibility index (Phi) is 3.37. The third-order valence-electron chi connectivity index (χ3n) is 1.86. The summed E-state index contributed by atoms with van der Waals surface area (Å²) in [4.78, 5) is 3.93. The van der Waals surface area contributed by atoms with Crippen molar-refractivity contribution in [3.8, 4) is 0 Å². The summed E-state index contributed by atoms with van der Waals surface area (Å²) in [5.74, 6) is 0.211. The molecule has 0 radical (unpaired) electrons. The average molecular weight is 182 g/mol. The van der Waals surface area contributed by atoms with E-state index >= 15 is 0 Å². The molecule has 1 heterocycles. The first-order chi connectivity index (χ1) is 6.09. The molecule has 2 nitrogen and oxygen atoms in total. The third kappa shape index (κ3) is 3.11. The van der Waals surface area contributed by atoms with Gasteiger partial charge in [-0.1, -0.05) is 13.8 Å². The first kappa shape index (κ1) is 10.1. The monoisotopic (exact) mass is 182 g/mol. The van der Waals surface area contributed by atoms with Crippen LogP contribution < -0.4 is 5.73 Å². The summed E-state index contributed by atoms with van der Waals surface area (Å²) in [6, 6.07) is 2.95. The minimum Gasteiger partial charge on any atom is -0.323 e. The van der Waals surface area contributed by atoms with E-state index < -0.39 is 0 Å². The van der Waals surface area contributed by atoms with E-state index in [0.717, 1.165) is 12.1 Å². The molecule has 0 aromatic carbocycles. The largest absolute Gasteiger partial charge is 0.323 e. The summed E-state index contributed by atoms with van der Waals surface area (Å²) >= 11 is 0. The predicted octanol–water partition coefficient (Wildman–Crippen LogP) is 2.27. The summed E-state index contributed by atoms with van der Waals surface area (Å²) in [5.41, 5.74) is 6.62. The Morgan fingerprint density at radius 2 is 2.15 bits per heavy atom. The van der Waals surface area contributed by atoms with Crippen LogP contribution in [0.25, 0.3) is 0 Å². The zero-order chi connectivity index (χ0) is 9.84. The standard InChI is InChI=1S/C10H15FN2/c1-7(2)5-9(12)10-4-3-8(11)6-13-10/h3-4,6-7,9H,5,12H2,1-2H3. The lowest BCUT2D eigenvalue weighted by Crippen LogP contribution is -2.14. The molecule has 0 amide bonds. The minimum absolute atomic E-state index is 0.0828. The van der Waals surface area contributed by atoms with Gasteiger partial charge in [0, 0.05) is 6.04 Å². The Bertz CT molecular complexity index is 256. The Labute approximate surface area is 78.0 Å². The zero-order valence-electron chi connectivity index (χ0n) is 8.00. The third-order valence-corrected chi connectivity index (χ3v) is 1.86. The molecule has 2 N–H and O–H groups in total. The molecular formula is C10H15FN2. The average Bonchev–Trinajstić information content (AvgIpc) is 2.04. The predicted molar refractivity (Wildman–Crippen MR) is 50.6 cm³/mol. The van der Waals surface area contributed by atoms with Crippen molar-refractivity contribution in [1.82, 2.24) is 4.98 Å². The summed E-state index contributed by atoms with van der Waals surface area (Å²) < 4.78 is 12.5. The SMILES string of the molecule is CC(C)CC(N)c1ccc(F)cn1. The fraction of sp³-hybridized carbons (Fsp3) is 0.500. The summed E-state index contributed by atoms with van der Waals surface area (Å²) in [7, 11) is 0. The molecule has 1 aromatic rings. The van der Waals surface area contributed by atoms with Gasteiger partial charge in [0.2, 0.25) is 0 Å². The summed E-state index contributed by atoms with van der Waals surface area (Å²) in [5, 5.41) is 0. The summed E-state index contributed by atoms with van der Waals surface area (Å²) in [6.45, 7) is 4.20. The van der Waals surface area contributed by atoms with Crippen LogP contribution in [0.1, 0.15) is 32.0 Å². The number of pyridine rings is 1. The number of aromatic nitrogens is 1. The molecule has 0 aliphatic rings. The van der Waals surface area contributed by atoms with Crippen molar-refractivity contribution in [3.05, 3.63) is 29.8 Å². The molecule has 0 bridgehead atoms. The van der Waals surface area contributed by atoms with Gasteiger partial charge in [-0.05, 0) is 24.5 Å². The molecule has 1 atom stereocenters. The molecule has 0 saturated carbocycles. The van der Waals surface area contributed by atoms with Crippen LogP contribution in [0.2, 0.25) is 0 Å². The quantitative estimate of drug-likeness (QED) is 0.778. The topological polar surface area (TPSA) is 38.9 Å². The molecule has 1 rings (SSSR count). The van der Waals surface area contributed by atoms with Gasteiger partial charge in [0.25, 0.3) is 0 Å². The van der Waals surface area contributed by atoms with Gasteiger partial charge in [0.15, 0.2) is 0 Å². The van der Waals surface area contributed by atoms with Crippen LogP contribution in [0.3, 0.4) is 0 Å². The first-order valence-electron chi connectivity index (χ1n) is 4.46. The van der Waals surface area contributed by atoms with E-state index in [2.05, 4.69) is 18.8 Å². The maximum atomic E-state index is 12.5. The maximum absolute atomic E-state index is 12.5. The fourth-order valence-corrected chi connectivity index (χ4v) is 1.24. The van der Waals surface area contributed by atoms with Gasteiger partial charge < -0.3 is 5.73 Å². The van der Waals surface area contributed by atoms with Gasteiger partial charge in [-0.15, -0.1) is 0 Å². The van der Waals surface area contributed by atoms with Gasteiger partial charge in [-0.3, -0.25) is 4.98 Å². The first-order valence-corrected chi connectivity index (χ1v) is 4.46. The van der Waals surface area contributed by atoms with E-state index in [1.54, 1.807) is 6.07 Å². The second kappa shape index (κ2) is 4.33. The number of hydrogen-bond acceptors (Lipinski definition) is 2. The van der Waals surface area contributed by atoms with Crippen molar-refractivity contribution in [2.24, 2.45) is 11.7 Å². The van der Waals surface area contributed by atoms with Gasteiger partial charge in [-0.25, -0.2) is 4.39 Å². The van der Waals surface area contributed by atoms with Crippen LogP contribution >= 0.6 is 0 Å². The van der Waals surface area contributed by atoms with Crippen molar-refractivity contribution in [2.45, 2.75) is 26.3 Å². The molecular weight excluding hydrogens is 167 g/mol. The normalized spacial score (nSPS) is 13.3. The highest BCUT2D eigenvalue weighted by Crippen LogP contribution is 2.16.